The number of nitrogens with one attached hydrogen (secondary N) is 1. The molecule has 0 fully saturated rings. The first-order valence-electron chi connectivity index (χ1n) is 12.0. The van der Waals surface area contributed by atoms with E-state index in [0.717, 1.165) is 42.0 Å². The van der Waals surface area contributed by atoms with Crippen LogP contribution in [0.4, 0.5) is 15.8 Å². The third-order valence-electron chi connectivity index (χ3n) is 7.05. The lowest BCUT2D eigenvalue weighted by Crippen LogP contribution is -2.38. The highest BCUT2D eigenvalue weighted by Crippen LogP contribution is 2.37. The Morgan fingerprint density at radius 3 is 2.67 bits per heavy atom. The number of carbonyl (C=O) groups is 1. The molecule has 1 aliphatic rings. The second-order valence-electron chi connectivity index (χ2n) is 9.46. The van der Waals surface area contributed by atoms with Crippen LogP contribution in [-0.4, -0.2) is 24.2 Å². The van der Waals surface area contributed by atoms with Crippen molar-refractivity contribution in [1.82, 2.24) is 5.32 Å². The first-order valence-corrected chi connectivity index (χ1v) is 12.0. The number of aryl methyl sites for hydroxylation is 1. The number of hydrogen-bond acceptors (Lipinski definition) is 3. The van der Waals surface area contributed by atoms with E-state index in [1.807, 2.05) is 12.1 Å². The topological polar surface area (TPSA) is 52.6 Å². The Bertz CT molecular complexity index is 1400. The van der Waals surface area contributed by atoms with Crippen molar-refractivity contribution >= 4 is 40.5 Å². The third-order valence-corrected chi connectivity index (χ3v) is 7.05. The van der Waals surface area contributed by atoms with Crippen molar-refractivity contribution in [1.29, 1.82) is 0 Å². The van der Waals surface area contributed by atoms with Gasteiger partial charge in [-0.3, -0.25) is 0 Å². The summed E-state index contributed by atoms with van der Waals surface area (Å²) in [6.07, 6.45) is 0.760. The SMILES string of the molecule is Cc1ccc(N2CC(CN[C@H](C)c3cccc4ccccc34)Cc3cc(F)ccc32)cc1C(=O)O.Cl. The molecule has 4 nitrogen and oxygen atoms in total. The van der Waals surface area contributed by atoms with Crippen LogP contribution in [0.25, 0.3) is 10.8 Å². The molecule has 1 unspecified atom stereocenters. The fraction of sp³-hybridized carbons (Fsp3) is 0.233. The first kappa shape index (κ1) is 25.7. The van der Waals surface area contributed by atoms with E-state index < -0.39 is 5.97 Å². The van der Waals surface area contributed by atoms with Gasteiger partial charge in [-0.1, -0.05) is 48.5 Å². The summed E-state index contributed by atoms with van der Waals surface area (Å²) in [6, 6.07) is 25.3. The number of hydrogen-bond donors (Lipinski definition) is 2. The standard InChI is InChI=1S/C30H29FN2O2.ClH/c1-19-10-12-25(16-28(19)30(34)35)33-18-21(14-23-15-24(31)11-13-29(23)33)17-32-20(2)26-9-5-7-22-6-3-4-8-27(22)26;/h3-13,15-16,20-21,32H,14,17-18H2,1-2H3,(H,34,35);1H/t20-,21?;/m1./s1. The predicted molar refractivity (Wildman–Crippen MR) is 146 cm³/mol. The molecule has 0 saturated carbocycles. The van der Waals surface area contributed by atoms with Crippen LogP contribution in [0.1, 0.15) is 40.0 Å². The number of benzene rings is 4. The number of aromatic carboxylic acids is 1. The minimum Gasteiger partial charge on any atom is -0.478 e. The Labute approximate surface area is 217 Å². The van der Waals surface area contributed by atoms with Gasteiger partial charge in [0, 0.05) is 30.5 Å². The molecule has 0 spiro atoms. The lowest BCUT2D eigenvalue weighted by molar-refractivity contribution is 0.0696. The maximum Gasteiger partial charge on any atom is 0.336 e. The van der Waals surface area contributed by atoms with Crippen molar-refractivity contribution < 1.29 is 14.3 Å². The molecule has 0 aliphatic carbocycles. The number of carboxylic acids is 1. The molecule has 186 valence electrons. The fourth-order valence-electron chi connectivity index (χ4n) is 5.18. The fourth-order valence-corrected chi connectivity index (χ4v) is 5.18. The van der Waals surface area contributed by atoms with Crippen LogP contribution in [0.3, 0.4) is 0 Å². The zero-order valence-electron chi connectivity index (χ0n) is 20.4. The monoisotopic (exact) mass is 504 g/mol. The summed E-state index contributed by atoms with van der Waals surface area (Å²) in [5, 5.41) is 15.8. The Morgan fingerprint density at radius 1 is 1.08 bits per heavy atom. The smallest absolute Gasteiger partial charge is 0.336 e. The van der Waals surface area contributed by atoms with Crippen molar-refractivity contribution in [2.45, 2.75) is 26.3 Å². The normalized spacial score (nSPS) is 15.8. The van der Waals surface area contributed by atoms with E-state index in [9.17, 15) is 14.3 Å². The minimum atomic E-state index is -0.942. The zero-order chi connectivity index (χ0) is 24.5. The molecule has 0 aromatic heterocycles. The molecular weight excluding hydrogens is 475 g/mol. The number of anilines is 2. The van der Waals surface area contributed by atoms with Gasteiger partial charge in [-0.2, -0.15) is 0 Å². The van der Waals surface area contributed by atoms with Crippen LogP contribution >= 0.6 is 12.4 Å². The number of nitrogens with zero attached hydrogens (tertiary/aromatic N) is 1. The molecule has 5 rings (SSSR count). The second-order valence-corrected chi connectivity index (χ2v) is 9.46. The summed E-state index contributed by atoms with van der Waals surface area (Å²) >= 11 is 0. The lowest BCUT2D eigenvalue weighted by atomic mass is 9.91. The Kier molecular flexibility index (Phi) is 7.62. The van der Waals surface area contributed by atoms with Gasteiger partial charge in [-0.25, -0.2) is 9.18 Å². The number of halogens is 2. The quantitative estimate of drug-likeness (QED) is 0.295. The second kappa shape index (κ2) is 10.7. The van der Waals surface area contributed by atoms with Crippen LogP contribution in [0, 0.1) is 18.7 Å². The average molecular weight is 505 g/mol. The van der Waals surface area contributed by atoms with Gasteiger partial charge in [0.2, 0.25) is 0 Å². The van der Waals surface area contributed by atoms with Gasteiger partial charge in [0.15, 0.2) is 0 Å². The highest BCUT2D eigenvalue weighted by Gasteiger charge is 2.27. The number of carboxylic acid groups (broad SMARTS) is 1. The molecule has 1 aliphatic heterocycles. The van der Waals surface area contributed by atoms with E-state index in [1.165, 1.54) is 22.4 Å². The van der Waals surface area contributed by atoms with E-state index in [2.05, 4.69) is 59.6 Å². The summed E-state index contributed by atoms with van der Waals surface area (Å²) < 4.78 is 14.1. The molecule has 4 aromatic rings. The van der Waals surface area contributed by atoms with Crippen LogP contribution in [-0.2, 0) is 6.42 Å². The average Bonchev–Trinajstić information content (AvgIpc) is 2.86. The van der Waals surface area contributed by atoms with Gasteiger partial charge in [0.1, 0.15) is 5.82 Å². The van der Waals surface area contributed by atoms with E-state index in [4.69, 9.17) is 0 Å². The summed E-state index contributed by atoms with van der Waals surface area (Å²) in [4.78, 5) is 13.9. The summed E-state index contributed by atoms with van der Waals surface area (Å²) in [5.41, 5.74) is 4.96. The third kappa shape index (κ3) is 5.08. The molecule has 2 N–H and O–H groups in total. The van der Waals surface area contributed by atoms with Gasteiger partial charge in [0.05, 0.1) is 5.56 Å². The van der Waals surface area contributed by atoms with E-state index in [-0.39, 0.29) is 35.7 Å². The summed E-state index contributed by atoms with van der Waals surface area (Å²) in [6.45, 7) is 5.45. The molecule has 6 heteroatoms. The van der Waals surface area contributed by atoms with Crippen molar-refractivity contribution in [3.63, 3.8) is 0 Å². The van der Waals surface area contributed by atoms with Crippen molar-refractivity contribution in [3.05, 3.63) is 107 Å². The highest BCUT2D eigenvalue weighted by atomic mass is 35.5. The maximum atomic E-state index is 14.1. The largest absolute Gasteiger partial charge is 0.478 e. The number of rotatable bonds is 6. The Morgan fingerprint density at radius 2 is 1.86 bits per heavy atom. The molecular formula is C30H30ClFN2O2. The van der Waals surface area contributed by atoms with E-state index >= 15 is 0 Å². The molecule has 0 bridgehead atoms. The minimum absolute atomic E-state index is 0. The summed E-state index contributed by atoms with van der Waals surface area (Å²) in [5.74, 6) is -0.962. The van der Waals surface area contributed by atoms with Crippen LogP contribution in [0.5, 0.6) is 0 Å². The molecule has 0 radical (unpaired) electrons. The van der Waals surface area contributed by atoms with Crippen LogP contribution in [0.2, 0.25) is 0 Å². The van der Waals surface area contributed by atoms with Gasteiger partial charge < -0.3 is 15.3 Å². The van der Waals surface area contributed by atoms with Gasteiger partial charge >= 0.3 is 5.97 Å². The molecule has 1 heterocycles. The van der Waals surface area contributed by atoms with Gasteiger partial charge in [-0.05, 0) is 84.0 Å². The van der Waals surface area contributed by atoms with E-state index in [0.29, 0.717) is 0 Å². The molecule has 0 saturated heterocycles. The van der Waals surface area contributed by atoms with Gasteiger partial charge in [-0.15, -0.1) is 12.4 Å². The zero-order valence-corrected chi connectivity index (χ0v) is 21.2. The Balaban J connectivity index is 0.00000304. The van der Waals surface area contributed by atoms with Crippen LogP contribution in [0.15, 0.2) is 78.9 Å². The van der Waals surface area contributed by atoms with Crippen LogP contribution < -0.4 is 10.2 Å². The molecule has 4 aromatic carbocycles. The summed E-state index contributed by atoms with van der Waals surface area (Å²) in [7, 11) is 0. The molecule has 0 amide bonds. The van der Waals surface area contributed by atoms with Crippen molar-refractivity contribution in [3.8, 4) is 0 Å². The number of fused-ring (bicyclic) bond motifs is 2. The van der Waals surface area contributed by atoms with Crippen molar-refractivity contribution in [2.75, 3.05) is 18.0 Å². The van der Waals surface area contributed by atoms with Crippen molar-refractivity contribution in [2.24, 2.45) is 5.92 Å². The molecule has 36 heavy (non-hydrogen) atoms. The maximum absolute atomic E-state index is 14.1. The van der Waals surface area contributed by atoms with Gasteiger partial charge in [0.25, 0.3) is 0 Å². The highest BCUT2D eigenvalue weighted by molar-refractivity contribution is 5.91. The predicted octanol–water partition coefficient (Wildman–Crippen LogP) is 7.07. The first-order chi connectivity index (χ1) is 16.9. The van der Waals surface area contributed by atoms with E-state index in [1.54, 1.807) is 25.1 Å². The lowest BCUT2D eigenvalue weighted by Gasteiger charge is -2.37. The molecule has 2 atom stereocenters. The Hall–Kier alpha value is -3.41.